The Morgan fingerprint density at radius 1 is 1.12 bits per heavy atom. The van der Waals surface area contributed by atoms with Crippen LogP contribution in [0.3, 0.4) is 0 Å². The third-order valence-electron chi connectivity index (χ3n) is 5.98. The van der Waals surface area contributed by atoms with Crippen molar-refractivity contribution >= 4 is 22.5 Å². The molecule has 1 aliphatic rings. The summed E-state index contributed by atoms with van der Waals surface area (Å²) in [6, 6.07) is 17.1. The van der Waals surface area contributed by atoms with Gasteiger partial charge in [0.2, 0.25) is 0 Å². The number of H-pyrrole nitrogens is 1. The zero-order valence-corrected chi connectivity index (χ0v) is 18.5. The minimum absolute atomic E-state index is 0.696. The van der Waals surface area contributed by atoms with Crippen LogP contribution in [-0.2, 0) is 6.42 Å². The number of nitrogens with one attached hydrogen (secondary N) is 2. The highest BCUT2D eigenvalue weighted by atomic mass is 15.2. The summed E-state index contributed by atoms with van der Waals surface area (Å²) in [5, 5.41) is 19.2. The Morgan fingerprint density at radius 2 is 2.03 bits per heavy atom. The minimum atomic E-state index is 0.696. The van der Waals surface area contributed by atoms with Gasteiger partial charge < -0.3 is 5.32 Å². The minimum Gasteiger partial charge on any atom is -0.339 e. The van der Waals surface area contributed by atoms with Crippen molar-refractivity contribution in [1.82, 2.24) is 34.9 Å². The van der Waals surface area contributed by atoms with Crippen molar-refractivity contribution in [3.63, 3.8) is 0 Å². The highest BCUT2D eigenvalue weighted by Gasteiger charge is 2.25. The molecule has 5 aromatic rings. The number of aryl methyl sites for hydroxylation is 2. The molecule has 4 heterocycles. The molecule has 0 saturated heterocycles. The predicted octanol–water partition coefficient (Wildman–Crippen LogP) is 4.71. The van der Waals surface area contributed by atoms with Crippen molar-refractivity contribution in [3.8, 4) is 17.1 Å². The molecule has 0 aliphatic heterocycles. The molecule has 4 aromatic heterocycles. The zero-order chi connectivity index (χ0) is 22.4. The van der Waals surface area contributed by atoms with Gasteiger partial charge >= 0.3 is 0 Å². The average Bonchev–Trinajstić information content (AvgIpc) is 3.43. The summed E-state index contributed by atoms with van der Waals surface area (Å²) in [6.45, 7) is 3.96. The first-order chi connectivity index (χ1) is 16.1. The first-order valence-corrected chi connectivity index (χ1v) is 11.1. The maximum absolute atomic E-state index is 4.93. The molecule has 1 aromatic carbocycles. The van der Waals surface area contributed by atoms with Crippen LogP contribution in [0.1, 0.15) is 29.9 Å². The lowest BCUT2D eigenvalue weighted by Crippen LogP contribution is -1.99. The lowest BCUT2D eigenvalue weighted by atomic mass is 10.1. The molecular weight excluding hydrogens is 412 g/mol. The topological polar surface area (TPSA) is 97.2 Å². The van der Waals surface area contributed by atoms with E-state index in [-0.39, 0.29) is 0 Å². The van der Waals surface area contributed by atoms with E-state index in [1.807, 2.05) is 60.9 Å². The Hall–Kier alpha value is -4.07. The summed E-state index contributed by atoms with van der Waals surface area (Å²) in [7, 11) is 0. The number of fused-ring (bicyclic) bond motifs is 1. The van der Waals surface area contributed by atoms with Gasteiger partial charge in [-0.15, -0.1) is 5.10 Å². The Bertz CT molecular complexity index is 1440. The van der Waals surface area contributed by atoms with Crippen molar-refractivity contribution in [1.29, 1.82) is 0 Å². The maximum atomic E-state index is 4.93. The summed E-state index contributed by atoms with van der Waals surface area (Å²) in [6.07, 6.45) is 5.38. The van der Waals surface area contributed by atoms with Gasteiger partial charge in [0.25, 0.3) is 0 Å². The first-order valence-electron chi connectivity index (χ1n) is 11.1. The van der Waals surface area contributed by atoms with Gasteiger partial charge in [0.1, 0.15) is 12.1 Å². The highest BCUT2D eigenvalue weighted by molar-refractivity contribution is 5.82. The van der Waals surface area contributed by atoms with Gasteiger partial charge in [-0.1, -0.05) is 0 Å². The summed E-state index contributed by atoms with van der Waals surface area (Å²) in [5.74, 6) is 2.25. The number of nitrogens with zero attached hydrogens (tertiary/aromatic N) is 6. The van der Waals surface area contributed by atoms with E-state index >= 15 is 0 Å². The lowest BCUT2D eigenvalue weighted by molar-refractivity contribution is 0.796. The molecule has 0 amide bonds. The summed E-state index contributed by atoms with van der Waals surface area (Å²) >= 11 is 0. The van der Waals surface area contributed by atoms with E-state index in [4.69, 9.17) is 4.98 Å². The van der Waals surface area contributed by atoms with Gasteiger partial charge in [0.15, 0.2) is 5.82 Å². The predicted molar refractivity (Wildman–Crippen MR) is 126 cm³/mol. The number of hydrogen-bond donors (Lipinski definition) is 2. The van der Waals surface area contributed by atoms with Crippen LogP contribution in [0.25, 0.3) is 28.1 Å². The van der Waals surface area contributed by atoms with Gasteiger partial charge in [-0.05, 0) is 81.5 Å². The van der Waals surface area contributed by atoms with E-state index < -0.39 is 0 Å². The third-order valence-corrected chi connectivity index (χ3v) is 5.98. The molecule has 1 radical (unpaired) electrons. The van der Waals surface area contributed by atoms with Crippen LogP contribution >= 0.6 is 0 Å². The lowest BCUT2D eigenvalue weighted by Gasteiger charge is -2.08. The van der Waals surface area contributed by atoms with Crippen molar-refractivity contribution in [2.45, 2.75) is 33.1 Å². The van der Waals surface area contributed by atoms with Crippen LogP contribution in [0.2, 0.25) is 0 Å². The Balaban J connectivity index is 1.32. The summed E-state index contributed by atoms with van der Waals surface area (Å²) < 4.78 is 2.00. The molecular formula is C25H23N8. The van der Waals surface area contributed by atoms with Crippen molar-refractivity contribution in [2.24, 2.45) is 5.92 Å². The molecule has 0 spiro atoms. The Labute approximate surface area is 191 Å². The second-order valence-electron chi connectivity index (χ2n) is 8.62. The monoisotopic (exact) mass is 435 g/mol. The number of hydrogen-bond acceptors (Lipinski definition) is 6. The fraction of sp³-hybridized carbons (Fsp3) is 0.240. The van der Waals surface area contributed by atoms with Gasteiger partial charge in [0, 0.05) is 23.0 Å². The second kappa shape index (κ2) is 7.81. The van der Waals surface area contributed by atoms with Gasteiger partial charge in [-0.25, -0.2) is 9.97 Å². The smallest absolute Gasteiger partial charge is 0.153 e. The van der Waals surface area contributed by atoms with Crippen LogP contribution in [0.4, 0.5) is 11.5 Å². The van der Waals surface area contributed by atoms with Crippen molar-refractivity contribution < 1.29 is 0 Å². The number of aromatic amines is 1. The fourth-order valence-corrected chi connectivity index (χ4v) is 4.06. The maximum Gasteiger partial charge on any atom is 0.153 e. The van der Waals surface area contributed by atoms with E-state index in [1.54, 1.807) is 6.33 Å². The molecule has 0 atom stereocenters. The third kappa shape index (κ3) is 3.84. The normalized spacial score (nSPS) is 13.5. The zero-order valence-electron chi connectivity index (χ0n) is 18.5. The van der Waals surface area contributed by atoms with E-state index in [0.717, 1.165) is 63.2 Å². The molecule has 1 fully saturated rings. The molecule has 8 nitrogen and oxygen atoms in total. The molecule has 163 valence electrons. The quantitative estimate of drug-likeness (QED) is 0.401. The first kappa shape index (κ1) is 19.6. The number of imidazole rings is 1. The van der Waals surface area contributed by atoms with Crippen LogP contribution in [0.15, 0.2) is 48.8 Å². The SMILES string of the molecule is Cc1ccc(Nc2ccc3c(c2)ncn3-c2cc[c]c(-c3c(CC4CC4)n[nH]c3C)n2)nn1. The molecule has 2 N–H and O–H groups in total. The largest absolute Gasteiger partial charge is 0.339 e. The van der Waals surface area contributed by atoms with Crippen LogP contribution in [0, 0.1) is 25.8 Å². The van der Waals surface area contributed by atoms with Crippen molar-refractivity contribution in [3.05, 3.63) is 71.9 Å². The molecule has 0 unspecified atom stereocenters. The number of rotatable bonds is 6. The standard InChI is InChI=1S/C25H23N8/c1-15-6-11-23(32-29-15)27-18-9-10-22-20(13-18)26-14-33(22)24-5-3-4-19(28-24)25-16(2)30-31-21(25)12-17-7-8-17/h3,5-6,9-11,13-14,17H,7-8,12H2,1-2H3,(H,27,32)(H,30,31). The molecule has 8 heteroatoms. The van der Waals surface area contributed by atoms with Crippen molar-refractivity contribution in [2.75, 3.05) is 5.32 Å². The second-order valence-corrected chi connectivity index (χ2v) is 8.62. The summed E-state index contributed by atoms with van der Waals surface area (Å²) in [5.41, 5.74) is 7.61. The van der Waals surface area contributed by atoms with Gasteiger partial charge in [-0.2, -0.15) is 10.2 Å². The highest BCUT2D eigenvalue weighted by Crippen LogP contribution is 2.35. The number of aromatic nitrogens is 7. The van der Waals surface area contributed by atoms with Crippen LogP contribution in [0.5, 0.6) is 0 Å². The summed E-state index contributed by atoms with van der Waals surface area (Å²) in [4.78, 5) is 9.53. The van der Waals surface area contributed by atoms with Crippen LogP contribution in [-0.4, -0.2) is 34.9 Å². The number of pyridine rings is 1. The molecule has 33 heavy (non-hydrogen) atoms. The van der Waals surface area contributed by atoms with Gasteiger partial charge in [-0.3, -0.25) is 9.67 Å². The van der Waals surface area contributed by atoms with Crippen LogP contribution < -0.4 is 5.32 Å². The van der Waals surface area contributed by atoms with E-state index in [0.29, 0.717) is 5.82 Å². The molecule has 0 bridgehead atoms. The van der Waals surface area contributed by atoms with Gasteiger partial charge in [0.05, 0.1) is 28.1 Å². The fourth-order valence-electron chi connectivity index (χ4n) is 4.06. The number of anilines is 2. The number of benzene rings is 1. The Kier molecular flexibility index (Phi) is 4.64. The Morgan fingerprint density at radius 3 is 2.85 bits per heavy atom. The average molecular weight is 436 g/mol. The molecule has 1 saturated carbocycles. The van der Waals surface area contributed by atoms with E-state index in [1.165, 1.54) is 12.8 Å². The van der Waals surface area contributed by atoms with E-state index in [9.17, 15) is 0 Å². The van der Waals surface area contributed by atoms with E-state index in [2.05, 4.69) is 36.8 Å². The molecule has 1 aliphatic carbocycles. The molecule has 6 rings (SSSR count).